The molecule has 1 saturated carbocycles. The fourth-order valence-electron chi connectivity index (χ4n) is 3.78. The van der Waals surface area contributed by atoms with Gasteiger partial charge in [-0.2, -0.15) is 0 Å². The fourth-order valence-corrected chi connectivity index (χ4v) is 6.57. The van der Waals surface area contributed by atoms with E-state index in [1.807, 2.05) is 54.0 Å². The smallest absolute Gasteiger partial charge is 0.237 e. The third-order valence-corrected chi connectivity index (χ3v) is 8.54. The number of benzene rings is 1. The van der Waals surface area contributed by atoms with E-state index < -0.39 is 0 Å². The third-order valence-electron chi connectivity index (χ3n) is 5.39. The minimum Gasteiger partial charge on any atom is -0.343 e. The van der Waals surface area contributed by atoms with Crippen LogP contribution in [0.1, 0.15) is 46.0 Å². The second kappa shape index (κ2) is 12.5. The molecule has 0 unspecified atom stereocenters. The highest BCUT2D eigenvalue weighted by Crippen LogP contribution is 2.31. The lowest BCUT2D eigenvalue weighted by Gasteiger charge is -2.34. The van der Waals surface area contributed by atoms with Gasteiger partial charge in [-0.15, -0.1) is 10.2 Å². The van der Waals surface area contributed by atoms with Gasteiger partial charge in [0.05, 0.1) is 11.5 Å². The van der Waals surface area contributed by atoms with Gasteiger partial charge in [0.2, 0.25) is 11.8 Å². The molecule has 0 N–H and O–H groups in total. The summed E-state index contributed by atoms with van der Waals surface area (Å²) in [5.74, 6) is 0.927. The zero-order valence-corrected chi connectivity index (χ0v) is 20.6. The zero-order valence-electron chi connectivity index (χ0n) is 18.2. The quantitative estimate of drug-likeness (QED) is 0.450. The van der Waals surface area contributed by atoms with E-state index in [9.17, 15) is 9.59 Å². The van der Waals surface area contributed by atoms with Crippen molar-refractivity contribution in [1.29, 1.82) is 0 Å². The summed E-state index contributed by atoms with van der Waals surface area (Å²) in [4.78, 5) is 29.2. The number of rotatable bonds is 10. The number of nitrogens with zero attached hydrogens (tertiary/aromatic N) is 4. The summed E-state index contributed by atoms with van der Waals surface area (Å²) in [6, 6.07) is 10.3. The minimum atomic E-state index is 0.112. The molecule has 0 radical (unpaired) electrons. The van der Waals surface area contributed by atoms with Crippen LogP contribution in [0.5, 0.6) is 0 Å². The van der Waals surface area contributed by atoms with Crippen molar-refractivity contribution in [2.45, 2.75) is 60.7 Å². The van der Waals surface area contributed by atoms with Crippen molar-refractivity contribution in [3.05, 3.63) is 30.3 Å². The SMILES string of the molecule is CCN(CC)C(=O)CSc1nnc(SCC(=O)N(c2ccccc2)C2CCCCC2)s1. The van der Waals surface area contributed by atoms with E-state index in [1.54, 1.807) is 0 Å². The van der Waals surface area contributed by atoms with Crippen molar-refractivity contribution < 1.29 is 9.59 Å². The van der Waals surface area contributed by atoms with Crippen molar-refractivity contribution in [2.24, 2.45) is 0 Å². The first-order chi connectivity index (χ1) is 15.1. The normalized spacial score (nSPS) is 14.4. The highest BCUT2D eigenvalue weighted by atomic mass is 32.2. The summed E-state index contributed by atoms with van der Waals surface area (Å²) in [6.07, 6.45) is 5.73. The second-order valence-corrected chi connectivity index (χ2v) is 10.8. The first-order valence-electron chi connectivity index (χ1n) is 10.9. The highest BCUT2D eigenvalue weighted by molar-refractivity contribution is 8.03. The summed E-state index contributed by atoms with van der Waals surface area (Å²) >= 11 is 4.29. The summed E-state index contributed by atoms with van der Waals surface area (Å²) < 4.78 is 1.53. The molecule has 0 spiro atoms. The number of carbonyl (C=O) groups excluding carboxylic acids is 2. The van der Waals surface area contributed by atoms with E-state index in [4.69, 9.17) is 0 Å². The minimum absolute atomic E-state index is 0.112. The molecule has 0 bridgehead atoms. The van der Waals surface area contributed by atoms with Crippen LogP contribution < -0.4 is 4.90 Å². The molecule has 0 atom stereocenters. The van der Waals surface area contributed by atoms with Gasteiger partial charge in [-0.05, 0) is 38.8 Å². The zero-order chi connectivity index (χ0) is 22.1. The van der Waals surface area contributed by atoms with Crippen LogP contribution in [0.15, 0.2) is 39.0 Å². The largest absolute Gasteiger partial charge is 0.343 e. The van der Waals surface area contributed by atoms with Gasteiger partial charge in [0.25, 0.3) is 0 Å². The maximum absolute atomic E-state index is 13.2. The van der Waals surface area contributed by atoms with Crippen LogP contribution in [0.3, 0.4) is 0 Å². The number of hydrogen-bond donors (Lipinski definition) is 0. The Bertz CT molecular complexity index is 836. The van der Waals surface area contributed by atoms with Gasteiger partial charge in [-0.1, -0.05) is 72.3 Å². The molecule has 31 heavy (non-hydrogen) atoms. The number of amides is 2. The van der Waals surface area contributed by atoms with E-state index in [0.717, 1.165) is 27.2 Å². The molecule has 1 heterocycles. The first-order valence-corrected chi connectivity index (χ1v) is 13.6. The lowest BCUT2D eigenvalue weighted by atomic mass is 9.93. The molecule has 168 valence electrons. The van der Waals surface area contributed by atoms with E-state index >= 15 is 0 Å². The van der Waals surface area contributed by atoms with Gasteiger partial charge in [-0.25, -0.2) is 0 Å². The van der Waals surface area contributed by atoms with Gasteiger partial charge in [0, 0.05) is 24.8 Å². The van der Waals surface area contributed by atoms with E-state index in [-0.39, 0.29) is 17.9 Å². The van der Waals surface area contributed by atoms with E-state index in [1.165, 1.54) is 54.1 Å². The second-order valence-electron chi connectivity index (χ2n) is 7.37. The Kier molecular flexibility index (Phi) is 9.67. The first kappa shape index (κ1) is 24.1. The standard InChI is InChI=1S/C22H30N4O2S3/c1-3-25(4-2)19(27)15-29-21-23-24-22(31-21)30-16-20(28)26(17-11-7-5-8-12-17)18-13-9-6-10-14-18/h5,7-8,11-12,18H,3-4,6,9-10,13-16H2,1-2H3. The highest BCUT2D eigenvalue weighted by Gasteiger charge is 2.27. The lowest BCUT2D eigenvalue weighted by molar-refractivity contribution is -0.128. The van der Waals surface area contributed by atoms with E-state index in [2.05, 4.69) is 10.2 Å². The van der Waals surface area contributed by atoms with Gasteiger partial charge >= 0.3 is 0 Å². The number of hydrogen-bond acceptors (Lipinski definition) is 7. The van der Waals surface area contributed by atoms with Crippen LogP contribution in [0, 0.1) is 0 Å². The molecule has 1 aliphatic carbocycles. The molecule has 1 aromatic heterocycles. The van der Waals surface area contributed by atoms with Gasteiger partial charge in [0.15, 0.2) is 8.68 Å². The molecule has 9 heteroatoms. The number of anilines is 1. The summed E-state index contributed by atoms with van der Waals surface area (Å²) in [5, 5.41) is 8.40. The Morgan fingerprint density at radius 1 is 0.935 bits per heavy atom. The van der Waals surface area contributed by atoms with Crippen molar-refractivity contribution in [2.75, 3.05) is 29.5 Å². The molecule has 0 aliphatic heterocycles. The average molecular weight is 479 g/mol. The molecule has 1 fully saturated rings. The molecule has 2 amide bonds. The molecule has 6 nitrogen and oxygen atoms in total. The molecule has 0 saturated heterocycles. The summed E-state index contributed by atoms with van der Waals surface area (Å²) in [7, 11) is 0. The Labute approximate surface area is 197 Å². The van der Waals surface area contributed by atoms with Crippen LogP contribution in [-0.2, 0) is 9.59 Å². The van der Waals surface area contributed by atoms with Crippen LogP contribution in [-0.4, -0.2) is 57.5 Å². The van der Waals surface area contributed by atoms with Crippen molar-refractivity contribution in [3.63, 3.8) is 0 Å². The molecular formula is C22H30N4O2S3. The monoisotopic (exact) mass is 478 g/mol. The molecule has 3 rings (SSSR count). The predicted molar refractivity (Wildman–Crippen MR) is 130 cm³/mol. The van der Waals surface area contributed by atoms with Crippen LogP contribution >= 0.6 is 34.9 Å². The molecule has 1 aliphatic rings. The van der Waals surface area contributed by atoms with Crippen LogP contribution in [0.4, 0.5) is 5.69 Å². The van der Waals surface area contributed by atoms with Crippen molar-refractivity contribution in [3.8, 4) is 0 Å². The topological polar surface area (TPSA) is 66.4 Å². The Hall–Kier alpha value is -1.58. The summed E-state index contributed by atoms with van der Waals surface area (Å²) in [6.45, 7) is 5.39. The maximum Gasteiger partial charge on any atom is 0.237 e. The Balaban J connectivity index is 1.57. The fraction of sp³-hybridized carbons (Fsp3) is 0.545. The molecule has 1 aromatic carbocycles. The maximum atomic E-state index is 13.2. The number of thioether (sulfide) groups is 2. The lowest BCUT2D eigenvalue weighted by Crippen LogP contribution is -2.42. The third kappa shape index (κ3) is 6.95. The molecule has 2 aromatic rings. The number of para-hydroxylation sites is 1. The van der Waals surface area contributed by atoms with Crippen LogP contribution in [0.25, 0.3) is 0 Å². The number of aromatic nitrogens is 2. The van der Waals surface area contributed by atoms with Crippen LogP contribution in [0.2, 0.25) is 0 Å². The van der Waals surface area contributed by atoms with Crippen molar-refractivity contribution in [1.82, 2.24) is 15.1 Å². The average Bonchev–Trinajstić information content (AvgIpc) is 3.27. The summed E-state index contributed by atoms with van der Waals surface area (Å²) in [5.41, 5.74) is 0.975. The van der Waals surface area contributed by atoms with E-state index in [0.29, 0.717) is 24.6 Å². The van der Waals surface area contributed by atoms with Gasteiger partial charge in [-0.3, -0.25) is 9.59 Å². The van der Waals surface area contributed by atoms with Gasteiger partial charge in [0.1, 0.15) is 0 Å². The Morgan fingerprint density at radius 3 is 2.10 bits per heavy atom. The molecular weight excluding hydrogens is 448 g/mol. The van der Waals surface area contributed by atoms with Crippen molar-refractivity contribution >= 4 is 52.4 Å². The Morgan fingerprint density at radius 2 is 1.52 bits per heavy atom. The van der Waals surface area contributed by atoms with Gasteiger partial charge < -0.3 is 9.80 Å². The number of carbonyl (C=O) groups is 2. The predicted octanol–water partition coefficient (Wildman–Crippen LogP) is 4.96.